The van der Waals surface area contributed by atoms with Crippen molar-refractivity contribution in [2.24, 2.45) is 5.92 Å². The highest BCUT2D eigenvalue weighted by atomic mass is 16.5. The summed E-state index contributed by atoms with van der Waals surface area (Å²) in [5, 5.41) is 11.5. The van der Waals surface area contributed by atoms with E-state index in [-0.39, 0.29) is 17.9 Å². The Kier molecular flexibility index (Phi) is 8.38. The van der Waals surface area contributed by atoms with Crippen molar-refractivity contribution >= 4 is 17.4 Å². The van der Waals surface area contributed by atoms with E-state index in [0.717, 1.165) is 28.0 Å². The predicted octanol–water partition coefficient (Wildman–Crippen LogP) is 7.14. The molecule has 6 nitrogen and oxygen atoms in total. The van der Waals surface area contributed by atoms with Crippen molar-refractivity contribution < 1.29 is 24.2 Å². The Morgan fingerprint density at radius 1 is 0.950 bits per heavy atom. The van der Waals surface area contributed by atoms with Gasteiger partial charge in [-0.15, -0.1) is 0 Å². The Balaban J connectivity index is 1.80. The van der Waals surface area contributed by atoms with Crippen molar-refractivity contribution in [2.45, 2.75) is 66.7 Å². The first-order chi connectivity index (χ1) is 18.9. The molecule has 0 aromatic heterocycles. The lowest BCUT2D eigenvalue weighted by atomic mass is 9.94. The summed E-state index contributed by atoms with van der Waals surface area (Å²) >= 11 is 0. The molecule has 0 bridgehead atoms. The lowest BCUT2D eigenvalue weighted by Gasteiger charge is -2.28. The van der Waals surface area contributed by atoms with Gasteiger partial charge in [0, 0.05) is 11.1 Å². The van der Waals surface area contributed by atoms with E-state index in [2.05, 4.69) is 13.8 Å². The molecule has 3 aromatic rings. The Morgan fingerprint density at radius 3 is 2.33 bits per heavy atom. The van der Waals surface area contributed by atoms with E-state index >= 15 is 0 Å². The quantitative estimate of drug-likeness (QED) is 0.186. The first kappa shape index (κ1) is 28.9. The summed E-state index contributed by atoms with van der Waals surface area (Å²) in [6.07, 6.45) is 0. The van der Waals surface area contributed by atoms with Crippen LogP contribution in [-0.2, 0) is 16.1 Å². The number of aliphatic hydroxyl groups is 1. The number of para-hydroxylation sites is 1. The van der Waals surface area contributed by atoms with Crippen LogP contribution in [0.3, 0.4) is 0 Å². The van der Waals surface area contributed by atoms with Gasteiger partial charge in [0.25, 0.3) is 11.7 Å². The van der Waals surface area contributed by atoms with Crippen LogP contribution in [0.15, 0.2) is 72.3 Å². The number of hydrogen-bond acceptors (Lipinski definition) is 5. The summed E-state index contributed by atoms with van der Waals surface area (Å²) < 4.78 is 12.1. The number of Topliss-reactive ketones (excluding diaryl/α,β-unsaturated/α-hetero) is 1. The van der Waals surface area contributed by atoms with Crippen LogP contribution in [0.5, 0.6) is 11.5 Å². The average Bonchev–Trinajstić information content (AvgIpc) is 3.12. The normalized spacial score (nSPS) is 17.0. The number of ketones is 1. The second-order valence-electron chi connectivity index (χ2n) is 11.8. The van der Waals surface area contributed by atoms with Crippen molar-refractivity contribution in [1.82, 2.24) is 4.90 Å². The molecule has 4 rings (SSSR count). The summed E-state index contributed by atoms with van der Waals surface area (Å²) in [6, 6.07) is 19.8. The molecule has 1 aliphatic heterocycles. The molecule has 1 amide bonds. The molecule has 1 fully saturated rings. The molecule has 1 saturated heterocycles. The van der Waals surface area contributed by atoms with Gasteiger partial charge in [0.1, 0.15) is 22.9 Å². The van der Waals surface area contributed by atoms with Crippen molar-refractivity contribution in [3.63, 3.8) is 0 Å². The number of nitrogens with zero attached hydrogens (tertiary/aromatic N) is 1. The van der Waals surface area contributed by atoms with E-state index in [1.54, 1.807) is 18.2 Å². The van der Waals surface area contributed by atoms with Crippen LogP contribution in [0, 0.1) is 19.8 Å². The number of carbonyl (C=O) groups is 2. The maximum atomic E-state index is 13.6. The minimum absolute atomic E-state index is 0.0695. The third-order valence-electron chi connectivity index (χ3n) is 6.65. The number of likely N-dealkylation sites (tertiary alicyclic amines) is 1. The van der Waals surface area contributed by atoms with Crippen molar-refractivity contribution in [2.75, 3.05) is 6.61 Å². The van der Waals surface area contributed by atoms with Crippen molar-refractivity contribution in [1.29, 1.82) is 0 Å². The van der Waals surface area contributed by atoms with E-state index in [1.807, 2.05) is 83.1 Å². The highest BCUT2D eigenvalue weighted by Gasteiger charge is 2.46. The monoisotopic (exact) mass is 541 g/mol. The summed E-state index contributed by atoms with van der Waals surface area (Å²) in [5.41, 5.74) is 3.44. The summed E-state index contributed by atoms with van der Waals surface area (Å²) in [6.45, 7) is 14.6. The van der Waals surface area contributed by atoms with Gasteiger partial charge in [-0.1, -0.05) is 61.9 Å². The third kappa shape index (κ3) is 6.39. The fraction of sp³-hybridized carbons (Fsp3) is 0.353. The molecule has 0 saturated carbocycles. The molecule has 0 radical (unpaired) electrons. The summed E-state index contributed by atoms with van der Waals surface area (Å²) in [7, 11) is 0. The fourth-order valence-electron chi connectivity index (χ4n) is 4.85. The lowest BCUT2D eigenvalue weighted by Crippen LogP contribution is -2.30. The molecule has 1 N–H and O–H groups in total. The first-order valence-corrected chi connectivity index (χ1v) is 13.7. The summed E-state index contributed by atoms with van der Waals surface area (Å²) in [5.74, 6) is 0.161. The zero-order valence-corrected chi connectivity index (χ0v) is 24.4. The Morgan fingerprint density at radius 2 is 1.68 bits per heavy atom. The van der Waals surface area contributed by atoms with Gasteiger partial charge in [0.2, 0.25) is 0 Å². The predicted molar refractivity (Wildman–Crippen MR) is 157 cm³/mol. The van der Waals surface area contributed by atoms with Gasteiger partial charge < -0.3 is 19.5 Å². The number of amides is 1. The van der Waals surface area contributed by atoms with Gasteiger partial charge in [0.15, 0.2) is 0 Å². The van der Waals surface area contributed by atoms with Crippen LogP contribution in [0.25, 0.3) is 5.76 Å². The smallest absolute Gasteiger partial charge is 0.295 e. The molecule has 1 unspecified atom stereocenters. The van der Waals surface area contributed by atoms with E-state index in [4.69, 9.17) is 9.47 Å². The zero-order chi connectivity index (χ0) is 29.2. The number of aliphatic hydroxyl groups excluding tert-OH is 1. The molecule has 1 atom stereocenters. The Bertz CT molecular complexity index is 1450. The third-order valence-corrected chi connectivity index (χ3v) is 6.65. The maximum Gasteiger partial charge on any atom is 0.295 e. The number of carbonyl (C=O) groups excluding carboxylic acids is 2. The Labute approximate surface area is 237 Å². The van der Waals surface area contributed by atoms with Gasteiger partial charge in [-0.2, -0.15) is 0 Å². The zero-order valence-electron chi connectivity index (χ0n) is 24.4. The molecule has 1 heterocycles. The SMILES string of the molecule is Cc1cccc(C2/C(=C(/O)c3ccc(OCC(C)C)c(C)c3)C(=O)C(=O)N2Cc2ccccc2OC(C)(C)C)c1. The second-order valence-corrected chi connectivity index (χ2v) is 11.8. The molecular weight excluding hydrogens is 502 g/mol. The number of benzene rings is 3. The van der Waals surface area contributed by atoms with Crippen LogP contribution in [-0.4, -0.2) is 33.9 Å². The van der Waals surface area contributed by atoms with E-state index < -0.39 is 23.3 Å². The highest BCUT2D eigenvalue weighted by molar-refractivity contribution is 6.46. The number of aryl methyl sites for hydroxylation is 2. The maximum absolute atomic E-state index is 13.6. The van der Waals surface area contributed by atoms with E-state index in [1.165, 1.54) is 4.90 Å². The van der Waals surface area contributed by atoms with Crippen LogP contribution in [0.4, 0.5) is 0 Å². The topological polar surface area (TPSA) is 76.1 Å². The van der Waals surface area contributed by atoms with Gasteiger partial charge in [-0.3, -0.25) is 9.59 Å². The van der Waals surface area contributed by atoms with Crippen LogP contribution in [0.1, 0.15) is 68.5 Å². The Hall–Kier alpha value is -4.06. The lowest BCUT2D eigenvalue weighted by molar-refractivity contribution is -0.140. The largest absolute Gasteiger partial charge is 0.507 e. The number of rotatable bonds is 8. The van der Waals surface area contributed by atoms with Gasteiger partial charge >= 0.3 is 0 Å². The number of ether oxygens (including phenoxy) is 2. The standard InChI is InChI=1S/C34H39NO5/c1-21(2)20-39-27-16-15-25(18-23(27)4)31(36)29-30(24-13-10-11-22(3)17-24)35(33(38)32(29)37)19-26-12-8-9-14-28(26)40-34(5,6)7/h8-18,21,30,36H,19-20H2,1-7H3/b31-29-. The molecule has 0 spiro atoms. The molecule has 6 heteroatoms. The molecule has 40 heavy (non-hydrogen) atoms. The van der Waals surface area contributed by atoms with Crippen molar-refractivity contribution in [3.05, 3.63) is 100 Å². The molecule has 210 valence electrons. The fourth-order valence-corrected chi connectivity index (χ4v) is 4.85. The van der Waals surface area contributed by atoms with Gasteiger partial charge in [0.05, 0.1) is 24.8 Å². The highest BCUT2D eigenvalue weighted by Crippen LogP contribution is 2.41. The van der Waals surface area contributed by atoms with Gasteiger partial charge in [-0.05, 0) is 75.9 Å². The van der Waals surface area contributed by atoms with Crippen molar-refractivity contribution in [3.8, 4) is 11.5 Å². The summed E-state index contributed by atoms with van der Waals surface area (Å²) in [4.78, 5) is 28.7. The molecule has 0 aliphatic carbocycles. The average molecular weight is 542 g/mol. The molecule has 1 aliphatic rings. The minimum atomic E-state index is -0.764. The van der Waals surface area contributed by atoms with Crippen LogP contribution < -0.4 is 9.47 Å². The van der Waals surface area contributed by atoms with E-state index in [0.29, 0.717) is 23.8 Å². The van der Waals surface area contributed by atoms with E-state index in [9.17, 15) is 14.7 Å². The molecular formula is C34H39NO5. The van der Waals surface area contributed by atoms with Crippen LogP contribution >= 0.6 is 0 Å². The molecule has 3 aromatic carbocycles. The van der Waals surface area contributed by atoms with Gasteiger partial charge in [-0.25, -0.2) is 0 Å². The van der Waals surface area contributed by atoms with Crippen LogP contribution in [0.2, 0.25) is 0 Å². The number of hydrogen-bond donors (Lipinski definition) is 1. The minimum Gasteiger partial charge on any atom is -0.507 e. The second kappa shape index (κ2) is 11.6. The first-order valence-electron chi connectivity index (χ1n) is 13.7.